The van der Waals surface area contributed by atoms with Crippen molar-refractivity contribution in [1.29, 1.82) is 0 Å². The number of rotatable bonds is 8. The van der Waals surface area contributed by atoms with E-state index >= 15 is 0 Å². The van der Waals surface area contributed by atoms with E-state index < -0.39 is 17.6 Å². The second-order valence-corrected chi connectivity index (χ2v) is 12.5. The summed E-state index contributed by atoms with van der Waals surface area (Å²) in [4.78, 5) is 32.2. The van der Waals surface area contributed by atoms with Crippen molar-refractivity contribution in [2.75, 3.05) is 13.1 Å². The molecule has 0 N–H and O–H groups in total. The Morgan fingerprint density at radius 1 is 0.891 bits per heavy atom. The van der Waals surface area contributed by atoms with E-state index in [1.165, 1.54) is 0 Å². The van der Waals surface area contributed by atoms with Gasteiger partial charge in [-0.2, -0.15) is 10.1 Å². The van der Waals surface area contributed by atoms with Crippen molar-refractivity contribution in [1.82, 2.24) is 19.7 Å². The van der Waals surface area contributed by atoms with Gasteiger partial charge in [0.15, 0.2) is 0 Å². The number of likely N-dealkylation sites (tertiary alicyclic amines) is 1. The molecule has 9 nitrogen and oxygen atoms in total. The molecule has 5 aromatic rings. The van der Waals surface area contributed by atoms with E-state index in [1.807, 2.05) is 119 Å². The fourth-order valence-corrected chi connectivity index (χ4v) is 5.56. The van der Waals surface area contributed by atoms with Crippen molar-refractivity contribution in [3.8, 4) is 23.0 Å². The highest BCUT2D eigenvalue weighted by atomic mass is 16.6. The lowest BCUT2D eigenvalue weighted by Gasteiger charge is -2.33. The highest BCUT2D eigenvalue weighted by molar-refractivity contribution is 5.96. The number of piperidine rings is 1. The lowest BCUT2D eigenvalue weighted by Crippen LogP contribution is -2.45. The van der Waals surface area contributed by atoms with Gasteiger partial charge in [0.05, 0.1) is 17.0 Å². The minimum atomic E-state index is -0.608. The average molecular weight is 619 g/mol. The number of carbonyl (C=O) groups is 2. The van der Waals surface area contributed by atoms with Gasteiger partial charge in [-0.3, -0.25) is 9.48 Å². The second kappa shape index (κ2) is 13.0. The number of aromatic nitrogens is 3. The zero-order valence-corrected chi connectivity index (χ0v) is 26.6. The van der Waals surface area contributed by atoms with Crippen LogP contribution in [0.5, 0.6) is 11.8 Å². The molecular weight excluding hydrogens is 580 g/mol. The maximum atomic E-state index is 13.1. The number of Topliss-reactive ketones (excluding diaryl/α,β-unsaturated/α-hetero) is 1. The first-order valence-corrected chi connectivity index (χ1v) is 15.5. The smallest absolute Gasteiger partial charge is 0.410 e. The van der Waals surface area contributed by atoms with Crippen LogP contribution in [0.2, 0.25) is 0 Å². The number of ketones is 1. The van der Waals surface area contributed by atoms with Crippen molar-refractivity contribution < 1.29 is 23.8 Å². The van der Waals surface area contributed by atoms with Crippen LogP contribution >= 0.6 is 0 Å². The van der Waals surface area contributed by atoms with Crippen molar-refractivity contribution in [2.24, 2.45) is 7.05 Å². The van der Waals surface area contributed by atoms with Crippen LogP contribution < -0.4 is 9.47 Å². The van der Waals surface area contributed by atoms with Crippen molar-refractivity contribution in [3.63, 3.8) is 0 Å². The third-order valence-corrected chi connectivity index (χ3v) is 7.89. The number of benzene rings is 3. The first-order chi connectivity index (χ1) is 22.1. The standard InChI is InChI=1S/C37H38N4O5/c1-37(2,3)46-36(43)41-20-19-32(42)30(22-41)27-15-16-28-31(21-27)40(4)39-34(28)29-17-18-33(44-23-25-11-7-5-8-12-25)38-35(29)45-24-26-13-9-6-10-14-26/h5-18,21,30H,19-20,22-24H2,1-4H3. The van der Waals surface area contributed by atoms with Gasteiger partial charge >= 0.3 is 6.09 Å². The largest absolute Gasteiger partial charge is 0.473 e. The number of hydrogen-bond acceptors (Lipinski definition) is 7. The van der Waals surface area contributed by atoms with Gasteiger partial charge in [-0.05, 0) is 49.6 Å². The van der Waals surface area contributed by atoms with Crippen LogP contribution in [-0.4, -0.2) is 50.2 Å². The summed E-state index contributed by atoms with van der Waals surface area (Å²) in [7, 11) is 1.88. The second-order valence-electron chi connectivity index (χ2n) is 12.5. The Hall–Kier alpha value is -5.18. The Morgan fingerprint density at radius 2 is 1.57 bits per heavy atom. The monoisotopic (exact) mass is 618 g/mol. The van der Waals surface area contributed by atoms with E-state index in [0.29, 0.717) is 37.2 Å². The molecule has 9 heteroatoms. The molecule has 6 rings (SSSR count). The molecule has 236 valence electrons. The first-order valence-electron chi connectivity index (χ1n) is 15.5. The molecule has 0 bridgehead atoms. The summed E-state index contributed by atoms with van der Waals surface area (Å²) in [6.45, 7) is 6.85. The topological polar surface area (TPSA) is 95.8 Å². The average Bonchev–Trinajstić information content (AvgIpc) is 3.38. The van der Waals surface area contributed by atoms with Crippen LogP contribution in [0.1, 0.15) is 49.8 Å². The quantitative estimate of drug-likeness (QED) is 0.183. The van der Waals surface area contributed by atoms with E-state index in [-0.39, 0.29) is 18.7 Å². The van der Waals surface area contributed by atoms with E-state index in [2.05, 4.69) is 0 Å². The SMILES string of the molecule is Cn1nc(-c2ccc(OCc3ccccc3)nc2OCc2ccccc2)c2ccc(C3CN(C(=O)OC(C)(C)C)CCC3=O)cc21. The molecule has 1 saturated heterocycles. The molecule has 2 aromatic heterocycles. The molecule has 1 atom stereocenters. The van der Waals surface area contributed by atoms with Gasteiger partial charge in [0.2, 0.25) is 11.8 Å². The first kappa shape index (κ1) is 30.8. The zero-order valence-electron chi connectivity index (χ0n) is 26.6. The zero-order chi connectivity index (χ0) is 32.3. The molecule has 1 amide bonds. The fourth-order valence-electron chi connectivity index (χ4n) is 5.56. The number of pyridine rings is 1. The molecule has 0 spiro atoms. The Bertz CT molecular complexity index is 1850. The molecule has 46 heavy (non-hydrogen) atoms. The Kier molecular flexibility index (Phi) is 8.74. The van der Waals surface area contributed by atoms with E-state index in [1.54, 1.807) is 9.58 Å². The summed E-state index contributed by atoms with van der Waals surface area (Å²) in [5.74, 6) is 0.516. The molecule has 0 saturated carbocycles. The number of aryl methyl sites for hydroxylation is 1. The molecule has 1 unspecified atom stereocenters. The van der Waals surface area contributed by atoms with E-state index in [0.717, 1.165) is 33.2 Å². The summed E-state index contributed by atoms with van der Waals surface area (Å²) in [5, 5.41) is 5.77. The lowest BCUT2D eigenvalue weighted by molar-refractivity contribution is -0.123. The van der Waals surface area contributed by atoms with Crippen molar-refractivity contribution in [2.45, 2.75) is 51.9 Å². The highest BCUT2D eigenvalue weighted by Crippen LogP contribution is 2.37. The van der Waals surface area contributed by atoms with Crippen LogP contribution in [-0.2, 0) is 29.8 Å². The highest BCUT2D eigenvalue weighted by Gasteiger charge is 2.33. The minimum absolute atomic E-state index is 0.105. The van der Waals surface area contributed by atoms with E-state index in [9.17, 15) is 9.59 Å². The van der Waals surface area contributed by atoms with Crippen LogP contribution in [0.3, 0.4) is 0 Å². The van der Waals surface area contributed by atoms with Crippen LogP contribution in [0.25, 0.3) is 22.2 Å². The number of hydrogen-bond donors (Lipinski definition) is 0. The summed E-state index contributed by atoms with van der Waals surface area (Å²) in [6.07, 6.45) is -0.119. The number of amides is 1. The fraction of sp³-hybridized carbons (Fsp3) is 0.297. The van der Waals surface area contributed by atoms with Crippen LogP contribution in [0, 0.1) is 0 Å². The van der Waals surface area contributed by atoms with Crippen molar-refractivity contribution >= 4 is 22.8 Å². The number of nitrogens with zero attached hydrogens (tertiary/aromatic N) is 4. The maximum Gasteiger partial charge on any atom is 0.410 e. The third-order valence-electron chi connectivity index (χ3n) is 7.89. The maximum absolute atomic E-state index is 13.1. The van der Waals surface area contributed by atoms with Gasteiger partial charge in [0, 0.05) is 38.0 Å². The molecule has 1 fully saturated rings. The van der Waals surface area contributed by atoms with Gasteiger partial charge in [0.25, 0.3) is 0 Å². The molecule has 3 aromatic carbocycles. The lowest BCUT2D eigenvalue weighted by atomic mass is 9.89. The Labute approximate surface area is 268 Å². The molecule has 1 aliphatic heterocycles. The van der Waals surface area contributed by atoms with Gasteiger partial charge in [-0.25, -0.2) is 4.79 Å². The number of fused-ring (bicyclic) bond motifs is 1. The summed E-state index contributed by atoms with van der Waals surface area (Å²) < 4.78 is 19.7. The number of carbonyl (C=O) groups excluding carboxylic acids is 2. The number of ether oxygens (including phenoxy) is 3. The normalized spacial score (nSPS) is 15.2. The Balaban J connectivity index is 1.30. The predicted molar refractivity (Wildman–Crippen MR) is 176 cm³/mol. The minimum Gasteiger partial charge on any atom is -0.473 e. The van der Waals surface area contributed by atoms with Gasteiger partial charge < -0.3 is 19.1 Å². The molecule has 0 radical (unpaired) electrons. The molecular formula is C37H38N4O5. The van der Waals surface area contributed by atoms with Crippen LogP contribution in [0.4, 0.5) is 4.79 Å². The molecule has 3 heterocycles. The molecule has 1 aliphatic rings. The summed E-state index contributed by atoms with van der Waals surface area (Å²) in [5.41, 5.74) is 4.57. The van der Waals surface area contributed by atoms with Crippen LogP contribution in [0.15, 0.2) is 91.0 Å². The van der Waals surface area contributed by atoms with Gasteiger partial charge in [-0.15, -0.1) is 0 Å². The summed E-state index contributed by atoms with van der Waals surface area (Å²) >= 11 is 0. The molecule has 0 aliphatic carbocycles. The van der Waals surface area contributed by atoms with E-state index in [4.69, 9.17) is 24.3 Å². The summed E-state index contributed by atoms with van der Waals surface area (Å²) in [6, 6.07) is 29.5. The Morgan fingerprint density at radius 3 is 2.24 bits per heavy atom. The van der Waals surface area contributed by atoms with Gasteiger partial charge in [-0.1, -0.05) is 72.8 Å². The third kappa shape index (κ3) is 7.04. The van der Waals surface area contributed by atoms with Crippen molar-refractivity contribution in [3.05, 3.63) is 108 Å². The van der Waals surface area contributed by atoms with Gasteiger partial charge in [0.1, 0.15) is 30.3 Å². The predicted octanol–water partition coefficient (Wildman–Crippen LogP) is 7.09.